The molecule has 1 atom stereocenters. The molecule has 0 saturated heterocycles. The maximum Gasteiger partial charge on any atom is 0.211 e. The average molecular weight is 713 g/mol. The lowest BCUT2D eigenvalue weighted by molar-refractivity contribution is -0.122. The molecule has 0 aliphatic heterocycles. The zero-order valence-corrected chi connectivity index (χ0v) is 31.3. The number of nitrogens with zero attached hydrogens (tertiary/aromatic N) is 4. The van der Waals surface area contributed by atoms with E-state index in [1.807, 2.05) is 112 Å². The topological polar surface area (TPSA) is 102 Å². The predicted octanol–water partition coefficient (Wildman–Crippen LogP) is 8.09. The molecule has 0 N–H and O–H groups in total. The van der Waals surface area contributed by atoms with E-state index >= 15 is 0 Å². The van der Waals surface area contributed by atoms with Crippen molar-refractivity contribution in [3.05, 3.63) is 160 Å². The number of aromatic nitrogens is 3. The predicted molar refractivity (Wildman–Crippen MR) is 216 cm³/mol. The first kappa shape index (κ1) is 41.6. The van der Waals surface area contributed by atoms with Gasteiger partial charge in [0.15, 0.2) is 5.78 Å². The maximum atomic E-state index is 13.0. The summed E-state index contributed by atoms with van der Waals surface area (Å²) in [7, 11) is 2.08. The van der Waals surface area contributed by atoms with Crippen molar-refractivity contribution >= 4 is 31.2 Å². The highest BCUT2D eigenvalue weighted by molar-refractivity contribution is 6.14. The summed E-state index contributed by atoms with van der Waals surface area (Å²) >= 11 is 0. The Morgan fingerprint density at radius 1 is 1.02 bits per heavy atom. The lowest BCUT2D eigenvalue weighted by Crippen LogP contribution is -2.30. The van der Waals surface area contributed by atoms with E-state index < -0.39 is 5.41 Å². The summed E-state index contributed by atoms with van der Waals surface area (Å²) in [6, 6.07) is 24.4. The van der Waals surface area contributed by atoms with Crippen LogP contribution in [0.15, 0.2) is 108 Å². The molecule has 1 heterocycles. The van der Waals surface area contributed by atoms with Gasteiger partial charge in [-0.15, -0.1) is 11.5 Å². The summed E-state index contributed by atoms with van der Waals surface area (Å²) in [5.41, 5.74) is 9.70. The minimum Gasteiger partial charge on any atom is -0.307 e. The van der Waals surface area contributed by atoms with Crippen molar-refractivity contribution in [3.8, 4) is 12.3 Å². The van der Waals surface area contributed by atoms with Crippen LogP contribution in [0.25, 0.3) is 6.08 Å². The summed E-state index contributed by atoms with van der Waals surface area (Å²) in [5, 5.41) is 8.46. The van der Waals surface area contributed by atoms with Gasteiger partial charge in [-0.05, 0) is 60.7 Å². The number of aryl methyl sites for hydroxylation is 2. The first-order valence-electron chi connectivity index (χ1n) is 17.2. The lowest BCUT2D eigenvalue weighted by atomic mass is 9.70. The minimum absolute atomic E-state index is 0. The molecule has 2 radical (unpaired) electrons. The fraction of sp³-hybridized carbons (Fsp3) is 0.244. The zero-order valence-electron chi connectivity index (χ0n) is 31.3. The van der Waals surface area contributed by atoms with E-state index in [1.165, 1.54) is 22.3 Å². The monoisotopic (exact) mass is 712 g/mol. The van der Waals surface area contributed by atoms with E-state index in [-0.39, 0.29) is 20.3 Å². The number of rotatable bonds is 14. The van der Waals surface area contributed by atoms with Gasteiger partial charge in [0.05, 0.1) is 5.69 Å². The second kappa shape index (κ2) is 19.7. The molecular weight excluding hydrogens is 661 g/mol. The molecule has 8 heteroatoms. The molecule has 8 nitrogen and oxygen atoms in total. The highest BCUT2D eigenvalue weighted by atomic mass is 16.1. The van der Waals surface area contributed by atoms with Gasteiger partial charge >= 0.3 is 0 Å². The smallest absolute Gasteiger partial charge is 0.211 e. The fourth-order valence-corrected chi connectivity index (χ4v) is 6.10. The molecule has 2 aliphatic rings. The van der Waals surface area contributed by atoms with E-state index in [9.17, 15) is 9.59 Å². The van der Waals surface area contributed by atoms with Gasteiger partial charge < -0.3 is 9.59 Å². The van der Waals surface area contributed by atoms with Gasteiger partial charge in [0.1, 0.15) is 13.6 Å². The molecule has 0 unspecified atom stereocenters. The number of benzene rings is 3. The largest absolute Gasteiger partial charge is 0.307 e. The summed E-state index contributed by atoms with van der Waals surface area (Å²) in [6.45, 7) is 17.9. The molecule has 4 aromatic rings. The number of allylic oxidation sites excluding steroid dienone is 4. The Bertz CT molecular complexity index is 2010. The van der Waals surface area contributed by atoms with Crippen LogP contribution in [0.2, 0.25) is 0 Å². The Labute approximate surface area is 317 Å². The van der Waals surface area contributed by atoms with E-state index in [0.29, 0.717) is 13.0 Å². The third-order valence-corrected chi connectivity index (χ3v) is 9.07. The van der Waals surface area contributed by atoms with Crippen LogP contribution in [0, 0.1) is 37.5 Å². The summed E-state index contributed by atoms with van der Waals surface area (Å²) < 4.78 is 1.82. The van der Waals surface area contributed by atoms with E-state index in [0.717, 1.165) is 46.6 Å². The molecule has 53 heavy (non-hydrogen) atoms. The number of carbonyl (C=O) groups is 4. The standard InChI is InChI=1S/C35H36N4O2.C8H8.2CH2O.2H2/c1-7-32(40)35(4,5)33(31-19-28(31)18-30-22-39(8-2)37-36-30)26-13-12-23(3)29(17-26)21-38(6)20-24-10-9-11-27(16-24)34(41)25-14-15-25;1-2-8-6-4-3-5-7-8;2*1-2;;/h1,9-17,19,22,33H,8,18,20-21H2,2-6H3;2-7H,1H2;2*1H2;2*1H/t33-;;;;;/m0...../s1. The molecule has 2 aliphatic carbocycles. The minimum atomic E-state index is -0.775. The first-order valence-corrected chi connectivity index (χ1v) is 17.2. The summed E-state index contributed by atoms with van der Waals surface area (Å²) in [5.74, 6) is 2.09. The molecule has 6 rings (SSSR count). The summed E-state index contributed by atoms with van der Waals surface area (Å²) in [4.78, 5) is 43.7. The number of hydrogen-bond donors (Lipinski definition) is 0. The Morgan fingerprint density at radius 2 is 1.72 bits per heavy atom. The Balaban J connectivity index is 0.000000941. The molecule has 1 aromatic heterocycles. The average Bonchev–Trinajstić information content (AvgIpc) is 4.12. The van der Waals surface area contributed by atoms with Crippen molar-refractivity contribution in [1.82, 2.24) is 19.9 Å². The molecule has 276 valence electrons. The highest BCUT2D eigenvalue weighted by Gasteiger charge is 2.44. The van der Waals surface area contributed by atoms with Crippen molar-refractivity contribution in [2.24, 2.45) is 5.41 Å². The Hall–Kier alpha value is -5.78. The first-order chi connectivity index (χ1) is 25.5. The number of hydrogen-bond acceptors (Lipinski definition) is 7. The van der Waals surface area contributed by atoms with Crippen LogP contribution in [0.5, 0.6) is 0 Å². The normalized spacial score (nSPS) is 13.0. The van der Waals surface area contributed by atoms with Crippen LogP contribution in [0.3, 0.4) is 0 Å². The quantitative estimate of drug-likeness (QED) is 0.0740. The van der Waals surface area contributed by atoms with Crippen molar-refractivity contribution in [2.45, 2.75) is 59.7 Å². The van der Waals surface area contributed by atoms with E-state index in [1.54, 1.807) is 0 Å². The van der Waals surface area contributed by atoms with Gasteiger partial charge in [0.2, 0.25) is 5.78 Å². The third-order valence-electron chi connectivity index (χ3n) is 9.07. The molecule has 0 spiro atoms. The van der Waals surface area contributed by atoms with Crippen LogP contribution in [0.1, 0.15) is 73.4 Å². The molecule has 3 aromatic carbocycles. The number of Topliss-reactive ketones (excluding diaryl/α,β-unsaturated/α-hetero) is 2. The number of terminal acetylenes is 1. The van der Waals surface area contributed by atoms with E-state index in [2.05, 4.69) is 72.4 Å². The molecule has 0 amide bonds. The second-order valence-corrected chi connectivity index (χ2v) is 13.3. The number of ketones is 2. The fourth-order valence-electron chi connectivity index (χ4n) is 6.10. The van der Waals surface area contributed by atoms with Crippen molar-refractivity contribution in [3.63, 3.8) is 0 Å². The Kier molecular flexibility index (Phi) is 15.5. The third kappa shape index (κ3) is 11.4. The van der Waals surface area contributed by atoms with Gasteiger partial charge in [-0.1, -0.05) is 116 Å². The van der Waals surface area contributed by atoms with Gasteiger partial charge in [0, 0.05) is 70.4 Å². The molecule has 0 bridgehead atoms. The van der Waals surface area contributed by atoms with Crippen LogP contribution >= 0.6 is 0 Å². The van der Waals surface area contributed by atoms with Crippen LogP contribution in [0.4, 0.5) is 0 Å². The molecule has 0 fully saturated rings. The SMILES string of the molecule is C#CC(=O)C(C)(C)[C@H](C1=C(Cc2cn(CC)nn2)[CH]1)c1ccc(C)c(CN(C)Cc2cccc(C(=O)C3=C[CH]3)c2)c1.C=Cc1ccccc1.C=O.C=O.[HH].[HH]. The van der Waals surface area contributed by atoms with Gasteiger partial charge in [-0.25, -0.2) is 0 Å². The second-order valence-electron chi connectivity index (χ2n) is 13.3. The summed E-state index contributed by atoms with van der Waals surface area (Å²) in [6.07, 6.45) is 16.0. The number of carbonyl (C=O) groups excluding carboxylic acids is 4. The van der Waals surface area contributed by atoms with Gasteiger partial charge in [-0.2, -0.15) is 0 Å². The Morgan fingerprint density at radius 3 is 2.30 bits per heavy atom. The van der Waals surface area contributed by atoms with Crippen molar-refractivity contribution < 1.29 is 22.0 Å². The zero-order chi connectivity index (χ0) is 39.1. The van der Waals surface area contributed by atoms with Gasteiger partial charge in [-0.3, -0.25) is 19.2 Å². The van der Waals surface area contributed by atoms with Crippen LogP contribution in [-0.4, -0.2) is 52.1 Å². The molecular formula is C45H52N4O4. The van der Waals surface area contributed by atoms with Crippen molar-refractivity contribution in [1.29, 1.82) is 0 Å². The van der Waals surface area contributed by atoms with E-state index in [4.69, 9.17) is 16.0 Å². The molecule has 0 saturated carbocycles. The highest BCUT2D eigenvalue weighted by Crippen LogP contribution is 2.52. The maximum absolute atomic E-state index is 13.0. The van der Waals surface area contributed by atoms with Crippen LogP contribution < -0.4 is 0 Å². The van der Waals surface area contributed by atoms with Crippen LogP contribution in [-0.2, 0) is 40.4 Å². The lowest BCUT2D eigenvalue weighted by Gasteiger charge is -2.31. The van der Waals surface area contributed by atoms with Crippen molar-refractivity contribution in [2.75, 3.05) is 7.05 Å². The van der Waals surface area contributed by atoms with Gasteiger partial charge in [0.25, 0.3) is 0 Å².